The maximum absolute atomic E-state index is 12.7. The molecule has 1 fully saturated rings. The number of fused-ring (bicyclic) bond motifs is 2. The van der Waals surface area contributed by atoms with Gasteiger partial charge in [-0.25, -0.2) is 4.79 Å². The molecule has 3 amide bonds. The molecular formula is C25H25ClN4O3. The van der Waals surface area contributed by atoms with E-state index in [1.807, 2.05) is 35.2 Å². The number of amides is 3. The maximum Gasteiger partial charge on any atom is 0.319 e. The zero-order chi connectivity index (χ0) is 23.0. The number of nitrogens with zero attached hydrogens (tertiary/aromatic N) is 2. The number of hydrogen-bond donors (Lipinski definition) is 2. The Kier molecular flexibility index (Phi) is 5.63. The van der Waals surface area contributed by atoms with Gasteiger partial charge in [0.15, 0.2) is 0 Å². The molecule has 2 aromatic carbocycles. The van der Waals surface area contributed by atoms with Crippen LogP contribution in [0.4, 0.5) is 16.2 Å². The third-order valence-corrected chi connectivity index (χ3v) is 7.07. The molecule has 2 heterocycles. The number of halogens is 1. The number of urea groups is 1. The van der Waals surface area contributed by atoms with E-state index in [0.717, 1.165) is 29.7 Å². The number of hydrogen-bond acceptors (Lipinski definition) is 4. The lowest BCUT2D eigenvalue weighted by atomic mass is 9.96. The van der Waals surface area contributed by atoms with Gasteiger partial charge in [-0.1, -0.05) is 23.7 Å². The van der Waals surface area contributed by atoms with Crippen molar-refractivity contribution in [1.82, 2.24) is 5.32 Å². The molecule has 5 rings (SSSR count). The lowest BCUT2D eigenvalue weighted by Crippen LogP contribution is -2.39. The highest BCUT2D eigenvalue weighted by atomic mass is 35.5. The van der Waals surface area contributed by atoms with Crippen molar-refractivity contribution in [1.29, 1.82) is 5.26 Å². The average molecular weight is 465 g/mol. The third-order valence-electron chi connectivity index (χ3n) is 6.77. The van der Waals surface area contributed by atoms with Gasteiger partial charge in [0.1, 0.15) is 5.75 Å². The van der Waals surface area contributed by atoms with Crippen molar-refractivity contribution in [3.63, 3.8) is 0 Å². The molecule has 1 unspecified atom stereocenters. The molecule has 0 saturated heterocycles. The van der Waals surface area contributed by atoms with Gasteiger partial charge in [-0.15, -0.1) is 0 Å². The Morgan fingerprint density at radius 3 is 2.91 bits per heavy atom. The average Bonchev–Trinajstić information content (AvgIpc) is 3.56. The van der Waals surface area contributed by atoms with Gasteiger partial charge in [0, 0.05) is 48.2 Å². The van der Waals surface area contributed by atoms with Gasteiger partial charge in [-0.3, -0.25) is 4.79 Å². The second kappa shape index (κ2) is 8.60. The van der Waals surface area contributed by atoms with Gasteiger partial charge in [0.2, 0.25) is 5.91 Å². The number of nitrogens with one attached hydrogen (secondary N) is 2. The molecule has 7 nitrogen and oxygen atoms in total. The Hall–Kier alpha value is -3.24. The van der Waals surface area contributed by atoms with Crippen LogP contribution in [0, 0.1) is 16.7 Å². The van der Waals surface area contributed by atoms with E-state index in [1.54, 1.807) is 6.07 Å². The molecule has 1 aliphatic carbocycles. The topological polar surface area (TPSA) is 94.5 Å². The second-order valence-electron chi connectivity index (χ2n) is 9.10. The lowest BCUT2D eigenvalue weighted by Gasteiger charge is -2.32. The first-order valence-corrected chi connectivity index (χ1v) is 11.6. The zero-order valence-electron chi connectivity index (χ0n) is 18.2. The number of aryl methyl sites for hydroxylation is 1. The SMILES string of the molecule is N#CCC1(CN2C(=O)CCc3cc(NC(=O)NC4CCOc5c(Cl)cccc54)ccc32)CC1. The normalized spacial score (nSPS) is 20.1. The molecule has 33 heavy (non-hydrogen) atoms. The van der Waals surface area contributed by atoms with Crippen molar-refractivity contribution in [2.75, 3.05) is 23.4 Å². The summed E-state index contributed by atoms with van der Waals surface area (Å²) in [6.45, 7) is 1.07. The van der Waals surface area contributed by atoms with Crippen LogP contribution in [0.2, 0.25) is 5.02 Å². The van der Waals surface area contributed by atoms with Crippen LogP contribution < -0.4 is 20.3 Å². The van der Waals surface area contributed by atoms with E-state index in [-0.39, 0.29) is 23.4 Å². The first-order valence-electron chi connectivity index (χ1n) is 11.3. The third kappa shape index (κ3) is 4.36. The summed E-state index contributed by atoms with van der Waals surface area (Å²) in [4.78, 5) is 27.2. The number of anilines is 2. The summed E-state index contributed by atoms with van der Waals surface area (Å²) in [6, 6.07) is 13.0. The first-order chi connectivity index (χ1) is 16.0. The van der Waals surface area contributed by atoms with Gasteiger partial charge >= 0.3 is 6.03 Å². The number of benzene rings is 2. The maximum atomic E-state index is 12.7. The highest BCUT2D eigenvalue weighted by molar-refractivity contribution is 6.32. The van der Waals surface area contributed by atoms with Crippen LogP contribution in [-0.2, 0) is 11.2 Å². The monoisotopic (exact) mass is 464 g/mol. The highest BCUT2D eigenvalue weighted by Gasteiger charge is 2.45. The van der Waals surface area contributed by atoms with Gasteiger partial charge in [-0.2, -0.15) is 5.26 Å². The molecule has 2 N–H and O–H groups in total. The van der Waals surface area contributed by atoms with Crippen molar-refractivity contribution in [3.8, 4) is 11.8 Å². The van der Waals surface area contributed by atoms with Crippen LogP contribution in [0.15, 0.2) is 36.4 Å². The van der Waals surface area contributed by atoms with E-state index in [0.29, 0.717) is 55.3 Å². The minimum Gasteiger partial charge on any atom is -0.492 e. The molecule has 2 aliphatic heterocycles. The molecule has 2 aromatic rings. The van der Waals surface area contributed by atoms with Crippen molar-refractivity contribution in [2.24, 2.45) is 5.41 Å². The van der Waals surface area contributed by atoms with E-state index in [9.17, 15) is 9.59 Å². The number of carbonyl (C=O) groups excluding carboxylic acids is 2. The molecule has 0 radical (unpaired) electrons. The Balaban J connectivity index is 1.28. The minimum atomic E-state index is -0.303. The van der Waals surface area contributed by atoms with Crippen molar-refractivity contribution < 1.29 is 14.3 Å². The van der Waals surface area contributed by atoms with Gasteiger partial charge in [-0.05, 0) is 49.1 Å². The summed E-state index contributed by atoms with van der Waals surface area (Å²) in [5.41, 5.74) is 3.41. The molecule has 3 aliphatic rings. The smallest absolute Gasteiger partial charge is 0.319 e. The Morgan fingerprint density at radius 1 is 1.27 bits per heavy atom. The van der Waals surface area contributed by atoms with Crippen LogP contribution in [0.5, 0.6) is 5.75 Å². The standard InChI is InChI=1S/C25H25ClN4O3/c26-19-3-1-2-18-20(8-13-33-23(18)19)29-24(32)28-17-5-6-21-16(14-17)4-7-22(31)30(21)15-25(9-10-25)11-12-27/h1-3,5-6,14,20H,4,7-11,13,15H2,(H2,28,29,32). The molecule has 170 valence electrons. The van der Waals surface area contributed by atoms with Gasteiger partial charge < -0.3 is 20.3 Å². The molecule has 1 atom stereocenters. The molecule has 8 heteroatoms. The predicted octanol–water partition coefficient (Wildman–Crippen LogP) is 4.96. The number of carbonyl (C=O) groups is 2. The van der Waals surface area contributed by atoms with Gasteiger partial charge in [0.25, 0.3) is 0 Å². The van der Waals surface area contributed by atoms with Crippen molar-refractivity contribution >= 4 is 34.9 Å². The summed E-state index contributed by atoms with van der Waals surface area (Å²) < 4.78 is 5.67. The highest BCUT2D eigenvalue weighted by Crippen LogP contribution is 2.50. The number of nitriles is 1. The summed E-state index contributed by atoms with van der Waals surface area (Å²) in [7, 11) is 0. The summed E-state index contributed by atoms with van der Waals surface area (Å²) in [6.07, 6.45) is 4.18. The van der Waals surface area contributed by atoms with E-state index >= 15 is 0 Å². The number of para-hydroxylation sites is 1. The largest absolute Gasteiger partial charge is 0.492 e. The van der Waals surface area contributed by atoms with E-state index in [4.69, 9.17) is 21.6 Å². The van der Waals surface area contributed by atoms with Crippen molar-refractivity contribution in [3.05, 3.63) is 52.5 Å². The molecular weight excluding hydrogens is 440 g/mol. The summed E-state index contributed by atoms with van der Waals surface area (Å²) >= 11 is 6.23. The van der Waals surface area contributed by atoms with Crippen molar-refractivity contribution in [2.45, 2.75) is 44.6 Å². The zero-order valence-corrected chi connectivity index (χ0v) is 19.0. The minimum absolute atomic E-state index is 0.0568. The Bertz CT molecular complexity index is 1150. The number of rotatable bonds is 5. The van der Waals surface area contributed by atoms with Crippen LogP contribution in [-0.4, -0.2) is 25.1 Å². The fourth-order valence-corrected chi connectivity index (χ4v) is 4.98. The van der Waals surface area contributed by atoms with Crippen LogP contribution in [0.1, 0.15) is 49.3 Å². The van der Waals surface area contributed by atoms with E-state index in [2.05, 4.69) is 16.7 Å². The Morgan fingerprint density at radius 2 is 2.12 bits per heavy atom. The van der Waals surface area contributed by atoms with Crippen LogP contribution >= 0.6 is 11.6 Å². The summed E-state index contributed by atoms with van der Waals surface area (Å²) in [5.74, 6) is 0.723. The quantitative estimate of drug-likeness (QED) is 0.653. The number of ether oxygens (including phenoxy) is 1. The van der Waals surface area contributed by atoms with Crippen LogP contribution in [0.25, 0.3) is 0 Å². The summed E-state index contributed by atoms with van der Waals surface area (Å²) in [5, 5.41) is 15.6. The second-order valence-corrected chi connectivity index (χ2v) is 9.51. The first kappa shape index (κ1) is 21.6. The fraction of sp³-hybridized carbons (Fsp3) is 0.400. The molecule has 0 bridgehead atoms. The van der Waals surface area contributed by atoms with Crippen LogP contribution in [0.3, 0.4) is 0 Å². The van der Waals surface area contributed by atoms with Gasteiger partial charge in [0.05, 0.1) is 23.7 Å². The van der Waals surface area contributed by atoms with E-state index < -0.39 is 0 Å². The fourth-order valence-electron chi connectivity index (χ4n) is 4.74. The predicted molar refractivity (Wildman–Crippen MR) is 125 cm³/mol. The molecule has 0 spiro atoms. The lowest BCUT2D eigenvalue weighted by molar-refractivity contribution is -0.119. The molecule has 0 aromatic heterocycles. The molecule has 1 saturated carbocycles. The Labute approximate surface area is 197 Å². The van der Waals surface area contributed by atoms with E-state index in [1.165, 1.54) is 0 Å².